The first-order valence-corrected chi connectivity index (χ1v) is 7.80. The van der Waals surface area contributed by atoms with Gasteiger partial charge in [-0.2, -0.15) is 0 Å². The summed E-state index contributed by atoms with van der Waals surface area (Å²) in [6, 6.07) is 1.54. The van der Waals surface area contributed by atoms with Crippen LogP contribution < -0.4 is 0 Å². The molecule has 0 radical (unpaired) electrons. The van der Waals surface area contributed by atoms with Gasteiger partial charge in [-0.05, 0) is 46.5 Å². The van der Waals surface area contributed by atoms with E-state index < -0.39 is 0 Å². The lowest BCUT2D eigenvalue weighted by atomic mass is 9.91. The molecule has 1 saturated carbocycles. The molecule has 0 bridgehead atoms. The summed E-state index contributed by atoms with van der Waals surface area (Å²) in [5.41, 5.74) is 0. The Hall–Kier alpha value is -0.120. The highest BCUT2D eigenvalue weighted by atomic mass is 16.5. The maximum atomic E-state index is 5.74. The largest absolute Gasteiger partial charge is 0.379 e. The molecule has 1 saturated heterocycles. The van der Waals surface area contributed by atoms with E-state index in [4.69, 9.17) is 4.74 Å². The molecule has 3 nitrogen and oxygen atoms in total. The molecule has 2 aliphatic rings. The fourth-order valence-corrected chi connectivity index (χ4v) is 3.43. The molecule has 2 fully saturated rings. The monoisotopic (exact) mass is 254 g/mol. The van der Waals surface area contributed by atoms with Crippen molar-refractivity contribution in [3.05, 3.63) is 0 Å². The van der Waals surface area contributed by atoms with Crippen LogP contribution in [0.3, 0.4) is 0 Å². The molecule has 0 aromatic heterocycles. The predicted molar refractivity (Wildman–Crippen MR) is 76.0 cm³/mol. The summed E-state index contributed by atoms with van der Waals surface area (Å²) in [4.78, 5) is 5.32. The average Bonchev–Trinajstić information content (AvgIpc) is 2.40. The summed E-state index contributed by atoms with van der Waals surface area (Å²) in [6.45, 7) is 12.6. The van der Waals surface area contributed by atoms with Crippen molar-refractivity contribution in [1.29, 1.82) is 0 Å². The fourth-order valence-electron chi connectivity index (χ4n) is 3.43. The third-order valence-electron chi connectivity index (χ3n) is 4.64. The van der Waals surface area contributed by atoms with E-state index in [-0.39, 0.29) is 0 Å². The van der Waals surface area contributed by atoms with Gasteiger partial charge in [0.05, 0.1) is 6.10 Å². The Morgan fingerprint density at radius 2 is 1.61 bits per heavy atom. The molecule has 106 valence electrons. The number of hydrogen-bond donors (Lipinski definition) is 0. The molecule has 0 aromatic rings. The SMILES string of the molecule is CCO[C@H]1CC[C@@H](N2CCN(C(C)C)CC2)CC1. The van der Waals surface area contributed by atoms with Gasteiger partial charge in [0.25, 0.3) is 0 Å². The molecule has 0 atom stereocenters. The zero-order chi connectivity index (χ0) is 13.0. The van der Waals surface area contributed by atoms with Gasteiger partial charge in [-0.25, -0.2) is 0 Å². The number of ether oxygens (including phenoxy) is 1. The van der Waals surface area contributed by atoms with E-state index in [0.29, 0.717) is 12.1 Å². The number of hydrogen-bond acceptors (Lipinski definition) is 3. The van der Waals surface area contributed by atoms with E-state index in [0.717, 1.165) is 12.6 Å². The van der Waals surface area contributed by atoms with Crippen LogP contribution in [0.2, 0.25) is 0 Å². The van der Waals surface area contributed by atoms with Gasteiger partial charge < -0.3 is 4.74 Å². The van der Waals surface area contributed by atoms with Crippen LogP contribution in [-0.4, -0.2) is 60.8 Å². The molecular formula is C15H30N2O. The molecule has 1 heterocycles. The average molecular weight is 254 g/mol. The van der Waals surface area contributed by atoms with Gasteiger partial charge in [0, 0.05) is 44.9 Å². The lowest BCUT2D eigenvalue weighted by Gasteiger charge is -2.43. The molecule has 2 rings (SSSR count). The van der Waals surface area contributed by atoms with E-state index in [1.54, 1.807) is 0 Å². The van der Waals surface area contributed by atoms with Crippen LogP contribution >= 0.6 is 0 Å². The summed E-state index contributed by atoms with van der Waals surface area (Å²) in [6.07, 6.45) is 5.76. The first kappa shape index (κ1) is 14.3. The molecule has 3 heteroatoms. The second-order valence-corrected chi connectivity index (χ2v) is 6.05. The lowest BCUT2D eigenvalue weighted by Crippen LogP contribution is -2.52. The Balaban J connectivity index is 1.71. The third kappa shape index (κ3) is 3.69. The minimum Gasteiger partial charge on any atom is -0.379 e. The molecule has 0 amide bonds. The molecule has 0 N–H and O–H groups in total. The van der Waals surface area contributed by atoms with Crippen LogP contribution in [0.15, 0.2) is 0 Å². The molecule has 1 aliphatic carbocycles. The summed E-state index contributed by atoms with van der Waals surface area (Å²) in [5, 5.41) is 0. The Kier molecular flexibility index (Phi) is 5.46. The third-order valence-corrected chi connectivity index (χ3v) is 4.64. The van der Waals surface area contributed by atoms with Gasteiger partial charge in [-0.1, -0.05) is 0 Å². The first-order valence-electron chi connectivity index (χ1n) is 7.80. The number of piperazine rings is 1. The number of rotatable bonds is 4. The van der Waals surface area contributed by atoms with Crippen molar-refractivity contribution in [3.8, 4) is 0 Å². The van der Waals surface area contributed by atoms with Crippen molar-refractivity contribution in [2.75, 3.05) is 32.8 Å². The highest BCUT2D eigenvalue weighted by Crippen LogP contribution is 2.26. The quantitative estimate of drug-likeness (QED) is 0.766. The standard InChI is InChI=1S/C15H30N2O/c1-4-18-15-7-5-14(6-8-15)17-11-9-16(10-12-17)13(2)3/h13-15H,4-12H2,1-3H3/t14-,15+. The van der Waals surface area contributed by atoms with Crippen LogP contribution in [0.1, 0.15) is 46.5 Å². The highest BCUT2D eigenvalue weighted by molar-refractivity contribution is 4.84. The van der Waals surface area contributed by atoms with Crippen LogP contribution in [-0.2, 0) is 4.74 Å². The second kappa shape index (κ2) is 6.88. The molecule has 18 heavy (non-hydrogen) atoms. The van der Waals surface area contributed by atoms with Crippen LogP contribution in [0.4, 0.5) is 0 Å². The molecule has 0 aromatic carbocycles. The molecular weight excluding hydrogens is 224 g/mol. The maximum absolute atomic E-state index is 5.74. The van der Waals surface area contributed by atoms with E-state index in [1.165, 1.54) is 51.9 Å². The van der Waals surface area contributed by atoms with Crippen molar-refractivity contribution in [2.45, 2.75) is 64.6 Å². The molecule has 0 spiro atoms. The first-order chi connectivity index (χ1) is 8.70. The highest BCUT2D eigenvalue weighted by Gasteiger charge is 2.28. The van der Waals surface area contributed by atoms with Gasteiger partial charge in [0.1, 0.15) is 0 Å². The van der Waals surface area contributed by atoms with E-state index in [9.17, 15) is 0 Å². The second-order valence-electron chi connectivity index (χ2n) is 6.05. The molecule has 0 unspecified atom stereocenters. The maximum Gasteiger partial charge on any atom is 0.0576 e. The normalized spacial score (nSPS) is 32.0. The Morgan fingerprint density at radius 1 is 1.00 bits per heavy atom. The smallest absolute Gasteiger partial charge is 0.0576 e. The van der Waals surface area contributed by atoms with Gasteiger partial charge >= 0.3 is 0 Å². The number of nitrogens with zero attached hydrogens (tertiary/aromatic N) is 2. The topological polar surface area (TPSA) is 15.7 Å². The van der Waals surface area contributed by atoms with Gasteiger partial charge in [-0.15, -0.1) is 0 Å². The van der Waals surface area contributed by atoms with E-state index in [2.05, 4.69) is 30.6 Å². The fraction of sp³-hybridized carbons (Fsp3) is 1.00. The molecule has 1 aliphatic heterocycles. The van der Waals surface area contributed by atoms with Crippen molar-refractivity contribution < 1.29 is 4.74 Å². The van der Waals surface area contributed by atoms with Crippen LogP contribution in [0.25, 0.3) is 0 Å². The van der Waals surface area contributed by atoms with E-state index >= 15 is 0 Å². The summed E-state index contributed by atoms with van der Waals surface area (Å²) in [7, 11) is 0. The van der Waals surface area contributed by atoms with Crippen LogP contribution in [0.5, 0.6) is 0 Å². The van der Waals surface area contributed by atoms with E-state index in [1.807, 2.05) is 0 Å². The van der Waals surface area contributed by atoms with Gasteiger partial charge in [0.15, 0.2) is 0 Å². The predicted octanol–water partition coefficient (Wildman–Crippen LogP) is 2.36. The van der Waals surface area contributed by atoms with Crippen LogP contribution in [0, 0.1) is 0 Å². The minimum absolute atomic E-state index is 0.545. The van der Waals surface area contributed by atoms with Crippen molar-refractivity contribution in [3.63, 3.8) is 0 Å². The Morgan fingerprint density at radius 3 is 2.11 bits per heavy atom. The lowest BCUT2D eigenvalue weighted by molar-refractivity contribution is 0.00138. The van der Waals surface area contributed by atoms with Gasteiger partial charge in [-0.3, -0.25) is 9.80 Å². The van der Waals surface area contributed by atoms with Crippen molar-refractivity contribution in [1.82, 2.24) is 9.80 Å². The summed E-state index contributed by atoms with van der Waals surface area (Å²) < 4.78 is 5.74. The Labute approximate surface area is 112 Å². The Bertz CT molecular complexity index is 229. The van der Waals surface area contributed by atoms with Gasteiger partial charge in [0.2, 0.25) is 0 Å². The zero-order valence-corrected chi connectivity index (χ0v) is 12.4. The summed E-state index contributed by atoms with van der Waals surface area (Å²) >= 11 is 0. The zero-order valence-electron chi connectivity index (χ0n) is 12.4. The van der Waals surface area contributed by atoms with Crippen molar-refractivity contribution >= 4 is 0 Å². The van der Waals surface area contributed by atoms with Crippen molar-refractivity contribution in [2.24, 2.45) is 0 Å². The minimum atomic E-state index is 0.545. The summed E-state index contributed by atoms with van der Waals surface area (Å²) in [5.74, 6) is 0.